The van der Waals surface area contributed by atoms with Gasteiger partial charge in [0.1, 0.15) is 6.23 Å². The Bertz CT molecular complexity index is 1110. The monoisotopic (exact) mass is 462 g/mol. The van der Waals surface area contributed by atoms with Crippen molar-refractivity contribution in [2.24, 2.45) is 0 Å². The minimum absolute atomic E-state index is 0.133. The van der Waals surface area contributed by atoms with Gasteiger partial charge in [-0.25, -0.2) is 0 Å². The maximum atomic E-state index is 13.6. The quantitative estimate of drug-likeness (QED) is 0.318. The molecule has 0 aliphatic rings. The predicted molar refractivity (Wildman–Crippen MR) is 135 cm³/mol. The first kappa shape index (κ1) is 25.4. The highest BCUT2D eigenvalue weighted by Gasteiger charge is 2.33. The zero-order chi connectivity index (χ0) is 24.7. The number of amides is 2. The summed E-state index contributed by atoms with van der Waals surface area (Å²) in [6, 6.07) is 23.0. The molecule has 0 saturated heterocycles. The Morgan fingerprint density at radius 1 is 0.882 bits per heavy atom. The van der Waals surface area contributed by atoms with E-state index in [9.17, 15) is 14.7 Å². The highest BCUT2D eigenvalue weighted by Crippen LogP contribution is 2.19. The van der Waals surface area contributed by atoms with E-state index in [1.54, 1.807) is 26.0 Å². The van der Waals surface area contributed by atoms with Crippen LogP contribution in [0.5, 0.6) is 0 Å². The molecule has 0 aliphatic heterocycles. The van der Waals surface area contributed by atoms with Crippen molar-refractivity contribution in [1.82, 2.24) is 20.7 Å². The number of hydrogen-bond acceptors (Lipinski definition) is 5. The Balaban J connectivity index is 1.82. The van der Waals surface area contributed by atoms with Gasteiger partial charge < -0.3 is 15.3 Å². The number of benzene rings is 3. The average Bonchev–Trinajstić information content (AvgIpc) is 2.84. The van der Waals surface area contributed by atoms with E-state index in [1.807, 2.05) is 48.5 Å². The highest BCUT2D eigenvalue weighted by atomic mass is 16.3. The fraction of sp³-hybridized carbons (Fsp3) is 0.333. The molecule has 3 rings (SSSR count). The van der Waals surface area contributed by atoms with Crippen LogP contribution in [-0.2, 0) is 22.4 Å². The first-order valence-corrected chi connectivity index (χ1v) is 11.4. The van der Waals surface area contributed by atoms with E-state index < -0.39 is 18.3 Å². The number of rotatable bonds is 10. The van der Waals surface area contributed by atoms with Crippen LogP contribution in [0.2, 0.25) is 0 Å². The van der Waals surface area contributed by atoms with Crippen molar-refractivity contribution < 1.29 is 14.7 Å². The smallest absolute Gasteiger partial charge is 0.240 e. The maximum Gasteiger partial charge on any atom is 0.240 e. The topological polar surface area (TPSA) is 84.9 Å². The second kappa shape index (κ2) is 11.7. The molecule has 0 aliphatic carbocycles. The van der Waals surface area contributed by atoms with Gasteiger partial charge in [0, 0.05) is 21.0 Å². The number of nitrogens with one attached hydrogen (secondary N) is 2. The first-order chi connectivity index (χ1) is 16.3. The van der Waals surface area contributed by atoms with E-state index in [0.29, 0.717) is 12.8 Å². The number of aliphatic hydroxyl groups is 1. The first-order valence-electron chi connectivity index (χ1n) is 11.4. The van der Waals surface area contributed by atoms with Gasteiger partial charge in [-0.05, 0) is 41.8 Å². The van der Waals surface area contributed by atoms with Crippen molar-refractivity contribution >= 4 is 22.6 Å². The van der Waals surface area contributed by atoms with Crippen LogP contribution in [0.3, 0.4) is 0 Å². The lowest BCUT2D eigenvalue weighted by Crippen LogP contribution is -2.59. The van der Waals surface area contributed by atoms with Gasteiger partial charge in [0.25, 0.3) is 0 Å². The Hall–Kier alpha value is -3.26. The normalized spacial score (nSPS) is 13.9. The molecule has 3 N–H and O–H groups in total. The van der Waals surface area contributed by atoms with E-state index in [0.717, 1.165) is 21.9 Å². The van der Waals surface area contributed by atoms with E-state index in [4.69, 9.17) is 0 Å². The fourth-order valence-corrected chi connectivity index (χ4v) is 4.19. The SMILES string of the molecule is CN[C@H](Cc1ccc2ccccc2c1)C(=O)N(C)[C@H](Cc1ccccc1)C(O)N(C)NC(C)=O. The van der Waals surface area contributed by atoms with Crippen LogP contribution in [-0.4, -0.2) is 66.3 Å². The van der Waals surface area contributed by atoms with Crippen molar-refractivity contribution in [3.8, 4) is 0 Å². The summed E-state index contributed by atoms with van der Waals surface area (Å²) in [6.45, 7) is 1.38. The van der Waals surface area contributed by atoms with Crippen LogP contribution in [0.25, 0.3) is 10.8 Å². The van der Waals surface area contributed by atoms with E-state index in [1.165, 1.54) is 11.9 Å². The van der Waals surface area contributed by atoms with E-state index in [-0.39, 0.29) is 11.8 Å². The third-order valence-corrected chi connectivity index (χ3v) is 6.11. The van der Waals surface area contributed by atoms with Crippen LogP contribution in [0.4, 0.5) is 0 Å². The van der Waals surface area contributed by atoms with Crippen molar-refractivity contribution in [2.75, 3.05) is 21.1 Å². The molecule has 34 heavy (non-hydrogen) atoms. The number of carbonyl (C=O) groups is 2. The standard InChI is InChI=1S/C27H34N4O3/c1-19(32)29-31(4)27(34)25(18-20-10-6-5-7-11-20)30(3)26(33)24(28-2)17-21-14-15-22-12-8-9-13-23(22)16-21/h5-16,24-25,27-28,34H,17-18H2,1-4H3,(H,29,32)/t24-,25-,27?/m1/s1. The molecule has 1 unspecified atom stereocenters. The van der Waals surface area contributed by atoms with Gasteiger partial charge in [-0.3, -0.25) is 15.0 Å². The molecule has 0 bridgehead atoms. The van der Waals surface area contributed by atoms with Gasteiger partial charge in [0.05, 0.1) is 12.1 Å². The summed E-state index contributed by atoms with van der Waals surface area (Å²) >= 11 is 0. The van der Waals surface area contributed by atoms with E-state index >= 15 is 0 Å². The van der Waals surface area contributed by atoms with Crippen molar-refractivity contribution in [1.29, 1.82) is 0 Å². The molecule has 3 aromatic carbocycles. The lowest BCUT2D eigenvalue weighted by molar-refractivity contribution is -0.144. The van der Waals surface area contributed by atoms with Gasteiger partial charge in [-0.2, -0.15) is 5.01 Å². The Labute approximate surface area is 201 Å². The molecule has 0 radical (unpaired) electrons. The number of likely N-dealkylation sites (N-methyl/N-ethyl adjacent to an activating group) is 3. The molecule has 180 valence electrons. The summed E-state index contributed by atoms with van der Waals surface area (Å²) in [5.41, 5.74) is 4.63. The molecule has 0 heterocycles. The van der Waals surface area contributed by atoms with Crippen LogP contribution < -0.4 is 10.7 Å². The summed E-state index contributed by atoms with van der Waals surface area (Å²) in [5, 5.41) is 17.8. The van der Waals surface area contributed by atoms with Gasteiger partial charge in [0.15, 0.2) is 0 Å². The molecule has 0 spiro atoms. The molecular formula is C27H34N4O3. The third kappa shape index (κ3) is 6.41. The lowest BCUT2D eigenvalue weighted by atomic mass is 9.99. The minimum Gasteiger partial charge on any atom is -0.375 e. The summed E-state index contributed by atoms with van der Waals surface area (Å²) in [4.78, 5) is 26.7. The Morgan fingerprint density at radius 2 is 1.53 bits per heavy atom. The van der Waals surface area contributed by atoms with Crippen molar-refractivity contribution in [2.45, 2.75) is 38.1 Å². The van der Waals surface area contributed by atoms with E-state index in [2.05, 4.69) is 35.0 Å². The lowest BCUT2D eigenvalue weighted by Gasteiger charge is -2.37. The maximum absolute atomic E-state index is 13.6. The number of aliphatic hydroxyl groups excluding tert-OH is 1. The number of hydrogen-bond donors (Lipinski definition) is 3. The molecule has 3 aromatic rings. The van der Waals surface area contributed by atoms with Crippen molar-refractivity contribution in [3.05, 3.63) is 83.9 Å². The second-order valence-corrected chi connectivity index (χ2v) is 8.63. The van der Waals surface area contributed by atoms with Crippen LogP contribution in [0.15, 0.2) is 72.8 Å². The largest absolute Gasteiger partial charge is 0.375 e. The van der Waals surface area contributed by atoms with Gasteiger partial charge in [-0.15, -0.1) is 0 Å². The summed E-state index contributed by atoms with van der Waals surface area (Å²) in [5.74, 6) is -0.426. The van der Waals surface area contributed by atoms with Crippen LogP contribution in [0.1, 0.15) is 18.1 Å². The molecule has 7 nitrogen and oxygen atoms in total. The Morgan fingerprint density at radius 3 is 2.18 bits per heavy atom. The van der Waals surface area contributed by atoms with Gasteiger partial charge >= 0.3 is 0 Å². The summed E-state index contributed by atoms with van der Waals surface area (Å²) in [7, 11) is 5.06. The molecule has 0 fully saturated rings. The molecular weight excluding hydrogens is 428 g/mol. The van der Waals surface area contributed by atoms with Crippen LogP contribution in [0, 0.1) is 0 Å². The average molecular weight is 463 g/mol. The molecule has 2 amide bonds. The summed E-state index contributed by atoms with van der Waals surface area (Å²) < 4.78 is 0. The number of fused-ring (bicyclic) bond motifs is 1. The highest BCUT2D eigenvalue weighted by molar-refractivity contribution is 5.84. The fourth-order valence-electron chi connectivity index (χ4n) is 4.19. The predicted octanol–water partition coefficient (Wildman–Crippen LogP) is 2.34. The molecule has 3 atom stereocenters. The number of hydrazine groups is 1. The van der Waals surface area contributed by atoms with Gasteiger partial charge in [0.2, 0.25) is 11.8 Å². The Kier molecular flexibility index (Phi) is 8.76. The minimum atomic E-state index is -1.10. The zero-order valence-corrected chi connectivity index (χ0v) is 20.2. The second-order valence-electron chi connectivity index (χ2n) is 8.63. The summed E-state index contributed by atoms with van der Waals surface area (Å²) in [6.07, 6.45) is -0.155. The molecule has 7 heteroatoms. The number of nitrogens with zero attached hydrogens (tertiary/aromatic N) is 2. The molecule has 0 aromatic heterocycles. The van der Waals surface area contributed by atoms with Crippen LogP contribution >= 0.6 is 0 Å². The molecule has 0 saturated carbocycles. The third-order valence-electron chi connectivity index (χ3n) is 6.11. The zero-order valence-electron chi connectivity index (χ0n) is 20.2. The number of carbonyl (C=O) groups excluding carboxylic acids is 2. The van der Waals surface area contributed by atoms with Gasteiger partial charge in [-0.1, -0.05) is 72.8 Å². The van der Waals surface area contributed by atoms with Crippen molar-refractivity contribution in [3.63, 3.8) is 0 Å².